The predicted octanol–water partition coefficient (Wildman–Crippen LogP) is 0.587. The molecule has 0 atom stereocenters. The molecule has 1 saturated carbocycles. The summed E-state index contributed by atoms with van der Waals surface area (Å²) < 4.78 is 0. The van der Waals surface area contributed by atoms with E-state index in [1.807, 2.05) is 0 Å². The highest BCUT2D eigenvalue weighted by Gasteiger charge is 2.26. The van der Waals surface area contributed by atoms with Crippen molar-refractivity contribution in [3.63, 3.8) is 0 Å². The molecular weight excluding hydrogens is 158 g/mol. The number of carbonyl (C=O) groups is 1. The van der Waals surface area contributed by atoms with E-state index in [0.717, 1.165) is 12.8 Å². The molecule has 0 radical (unpaired) electrons. The molecule has 0 aromatic heterocycles. The number of hydrogen-bond donors (Lipinski definition) is 2. The number of thiol groups is 1. The molecule has 1 fully saturated rings. The molecule has 0 aliphatic heterocycles. The van der Waals surface area contributed by atoms with Crippen LogP contribution >= 0.6 is 12.6 Å². The van der Waals surface area contributed by atoms with Gasteiger partial charge >= 0.3 is 0 Å². The van der Waals surface area contributed by atoms with Gasteiger partial charge in [-0.2, -0.15) is 12.6 Å². The average Bonchev–Trinajstić information content (AvgIpc) is 1.85. The number of hydrogen-bond acceptors (Lipinski definition) is 2. The van der Waals surface area contributed by atoms with E-state index in [9.17, 15) is 4.79 Å². The summed E-state index contributed by atoms with van der Waals surface area (Å²) in [5.74, 6) is 4.82. The third kappa shape index (κ3) is 2.47. The smallest absolute Gasteiger partial charge is 0.296 e. The lowest BCUT2D eigenvalue weighted by Crippen LogP contribution is -2.44. The molecule has 3 heteroatoms. The first-order valence-electron chi connectivity index (χ1n) is 3.63. The zero-order chi connectivity index (χ0) is 8.27. The van der Waals surface area contributed by atoms with Crippen molar-refractivity contribution in [1.82, 2.24) is 5.32 Å². The monoisotopic (exact) mass is 169 g/mol. The minimum Gasteiger partial charge on any atom is -0.342 e. The Morgan fingerprint density at radius 2 is 2.27 bits per heavy atom. The molecule has 1 aliphatic carbocycles. The molecule has 0 bridgehead atoms. The average molecular weight is 169 g/mol. The summed E-state index contributed by atoms with van der Waals surface area (Å²) in [5, 5.41) is 3.25. The molecule has 0 unspecified atom stereocenters. The molecule has 0 aromatic rings. The Bertz CT molecular complexity index is 210. The lowest BCUT2D eigenvalue weighted by molar-refractivity contribution is -0.116. The number of nitrogens with one attached hydrogen (secondary N) is 1. The van der Waals surface area contributed by atoms with Crippen molar-refractivity contribution in [3.05, 3.63) is 0 Å². The van der Waals surface area contributed by atoms with Gasteiger partial charge in [0.05, 0.1) is 0 Å². The highest BCUT2D eigenvalue weighted by atomic mass is 32.1. The van der Waals surface area contributed by atoms with Crippen LogP contribution in [0.25, 0.3) is 0 Å². The molecule has 11 heavy (non-hydrogen) atoms. The van der Waals surface area contributed by atoms with Gasteiger partial charge in [0.25, 0.3) is 5.91 Å². The second kappa shape index (κ2) is 3.68. The van der Waals surface area contributed by atoms with Gasteiger partial charge in [-0.25, -0.2) is 0 Å². The summed E-state index contributed by atoms with van der Waals surface area (Å²) in [5.41, 5.74) is 0. The van der Waals surface area contributed by atoms with Crippen LogP contribution in [0.2, 0.25) is 0 Å². The summed E-state index contributed by atoms with van der Waals surface area (Å²) in [6.45, 7) is 1.65. The summed E-state index contributed by atoms with van der Waals surface area (Å²) in [6.07, 6.45) is 1.94. The van der Waals surface area contributed by atoms with Gasteiger partial charge < -0.3 is 5.32 Å². The van der Waals surface area contributed by atoms with Crippen LogP contribution in [0.4, 0.5) is 0 Å². The standard InChI is InChI=1S/C8H11NOS/c1-2-3-8(10)9-6-4-7(11)5-6/h6-7,11H,4-5H2,1H3,(H,9,10)/t6-,7+. The molecule has 0 spiro atoms. The minimum atomic E-state index is -0.169. The van der Waals surface area contributed by atoms with Gasteiger partial charge in [-0.15, -0.1) is 0 Å². The maximum Gasteiger partial charge on any atom is 0.296 e. The maximum absolute atomic E-state index is 10.8. The van der Waals surface area contributed by atoms with E-state index >= 15 is 0 Å². The summed E-state index contributed by atoms with van der Waals surface area (Å²) in [4.78, 5) is 10.8. The van der Waals surface area contributed by atoms with E-state index in [4.69, 9.17) is 0 Å². The quantitative estimate of drug-likeness (QED) is 0.436. The van der Waals surface area contributed by atoms with Crippen LogP contribution in [0.15, 0.2) is 0 Å². The molecule has 1 amide bonds. The molecule has 0 saturated heterocycles. The zero-order valence-corrected chi connectivity index (χ0v) is 7.32. The first-order chi connectivity index (χ1) is 5.22. The van der Waals surface area contributed by atoms with Crippen LogP contribution in [0.5, 0.6) is 0 Å². The van der Waals surface area contributed by atoms with Crippen molar-refractivity contribution in [2.45, 2.75) is 31.1 Å². The molecule has 2 nitrogen and oxygen atoms in total. The van der Waals surface area contributed by atoms with E-state index in [1.54, 1.807) is 6.92 Å². The van der Waals surface area contributed by atoms with Crippen molar-refractivity contribution in [3.8, 4) is 11.8 Å². The van der Waals surface area contributed by atoms with Crippen LogP contribution in [0, 0.1) is 11.8 Å². The SMILES string of the molecule is CC#CC(=O)N[C@H]1C[C@@H](S)C1. The van der Waals surface area contributed by atoms with Gasteiger partial charge in [0.15, 0.2) is 0 Å². The molecule has 60 valence electrons. The minimum absolute atomic E-state index is 0.169. The van der Waals surface area contributed by atoms with Crippen LogP contribution in [-0.2, 0) is 4.79 Å². The second-order valence-electron chi connectivity index (χ2n) is 2.67. The maximum atomic E-state index is 10.8. The van der Waals surface area contributed by atoms with E-state index in [-0.39, 0.29) is 5.91 Å². The van der Waals surface area contributed by atoms with Gasteiger partial charge in [0.2, 0.25) is 0 Å². The highest BCUT2D eigenvalue weighted by Crippen LogP contribution is 2.24. The third-order valence-electron chi connectivity index (χ3n) is 1.69. The van der Waals surface area contributed by atoms with Crippen molar-refractivity contribution in [1.29, 1.82) is 0 Å². The van der Waals surface area contributed by atoms with Crippen molar-refractivity contribution < 1.29 is 4.79 Å². The second-order valence-corrected chi connectivity index (χ2v) is 3.40. The summed E-state index contributed by atoms with van der Waals surface area (Å²) in [7, 11) is 0. The highest BCUT2D eigenvalue weighted by molar-refractivity contribution is 7.81. The van der Waals surface area contributed by atoms with Crippen molar-refractivity contribution in [2.24, 2.45) is 0 Å². The third-order valence-corrected chi connectivity index (χ3v) is 2.11. The van der Waals surface area contributed by atoms with Gasteiger partial charge in [-0.05, 0) is 25.7 Å². The van der Waals surface area contributed by atoms with Gasteiger partial charge in [0, 0.05) is 11.3 Å². The zero-order valence-electron chi connectivity index (χ0n) is 6.42. The Morgan fingerprint density at radius 3 is 2.73 bits per heavy atom. The van der Waals surface area contributed by atoms with Crippen molar-refractivity contribution >= 4 is 18.5 Å². The fraction of sp³-hybridized carbons (Fsp3) is 0.625. The summed E-state index contributed by atoms with van der Waals surface area (Å²) in [6, 6.07) is 0.311. The molecular formula is C8H11NOS. The number of rotatable bonds is 1. The largest absolute Gasteiger partial charge is 0.342 e. The Morgan fingerprint density at radius 1 is 1.64 bits per heavy atom. The van der Waals surface area contributed by atoms with Crippen LogP contribution in [-0.4, -0.2) is 17.2 Å². The summed E-state index contributed by atoms with van der Waals surface area (Å²) >= 11 is 4.23. The van der Waals surface area contributed by atoms with Crippen LogP contribution < -0.4 is 5.32 Å². The normalized spacial score (nSPS) is 27.8. The van der Waals surface area contributed by atoms with Crippen molar-refractivity contribution in [2.75, 3.05) is 0 Å². The predicted molar refractivity (Wildman–Crippen MR) is 47.4 cm³/mol. The van der Waals surface area contributed by atoms with E-state index in [0.29, 0.717) is 11.3 Å². The Hall–Kier alpha value is -0.620. The van der Waals surface area contributed by atoms with Crippen LogP contribution in [0.3, 0.4) is 0 Å². The Labute approximate surface area is 72.2 Å². The fourth-order valence-corrected chi connectivity index (χ4v) is 1.55. The first-order valence-corrected chi connectivity index (χ1v) is 4.15. The van der Waals surface area contributed by atoms with E-state index in [1.165, 1.54) is 0 Å². The number of amides is 1. The van der Waals surface area contributed by atoms with Gasteiger partial charge in [-0.3, -0.25) is 4.79 Å². The van der Waals surface area contributed by atoms with Gasteiger partial charge in [-0.1, -0.05) is 5.92 Å². The molecule has 1 aliphatic rings. The first kappa shape index (κ1) is 8.48. The number of carbonyl (C=O) groups excluding carboxylic acids is 1. The Balaban J connectivity index is 2.20. The Kier molecular flexibility index (Phi) is 2.84. The van der Waals surface area contributed by atoms with E-state index < -0.39 is 0 Å². The molecule has 1 rings (SSSR count). The topological polar surface area (TPSA) is 29.1 Å². The van der Waals surface area contributed by atoms with E-state index in [2.05, 4.69) is 29.8 Å². The molecule has 0 heterocycles. The fourth-order valence-electron chi connectivity index (χ4n) is 1.04. The molecule has 0 aromatic carbocycles. The lowest BCUT2D eigenvalue weighted by atomic mass is 9.92. The van der Waals surface area contributed by atoms with Gasteiger partial charge in [0.1, 0.15) is 0 Å². The van der Waals surface area contributed by atoms with Crippen LogP contribution in [0.1, 0.15) is 19.8 Å². The lowest BCUT2D eigenvalue weighted by Gasteiger charge is -2.31. The molecule has 1 N–H and O–H groups in total.